The van der Waals surface area contributed by atoms with Gasteiger partial charge in [-0.15, -0.1) is 0 Å². The van der Waals surface area contributed by atoms with Crippen molar-refractivity contribution < 1.29 is 27.8 Å². The van der Waals surface area contributed by atoms with Gasteiger partial charge in [-0.2, -0.15) is 0 Å². The summed E-state index contributed by atoms with van der Waals surface area (Å²) < 4.78 is 35.9. The molecule has 1 saturated carbocycles. The molecule has 1 aliphatic rings. The van der Waals surface area contributed by atoms with E-state index in [2.05, 4.69) is 0 Å². The normalized spacial score (nSPS) is 16.3. The van der Waals surface area contributed by atoms with E-state index >= 15 is 0 Å². The maximum Gasteiger partial charge on any atom is 0.405 e. The molecule has 1 atom stereocenters. The zero-order chi connectivity index (χ0) is 18.8. The summed E-state index contributed by atoms with van der Waals surface area (Å²) in [5.74, 6) is 0.840. The van der Waals surface area contributed by atoms with Gasteiger partial charge in [0.05, 0.1) is 13.2 Å². The number of carbonyl (C=O) groups is 1. The van der Waals surface area contributed by atoms with Gasteiger partial charge < -0.3 is 20.3 Å². The fraction of sp³-hybridized carbons (Fsp3) is 0.588. The molecule has 0 spiro atoms. The molecular formula is C17H25NO6S. The van der Waals surface area contributed by atoms with Crippen LogP contribution in [0.1, 0.15) is 43.1 Å². The number of hydrogen-bond donors (Lipinski definition) is 2. The van der Waals surface area contributed by atoms with Gasteiger partial charge in [0.2, 0.25) is 0 Å². The zero-order valence-corrected chi connectivity index (χ0v) is 15.5. The molecule has 0 bridgehead atoms. The number of aliphatic hydroxyl groups excluding tert-OH is 1. The third-order valence-electron chi connectivity index (χ3n) is 4.14. The summed E-state index contributed by atoms with van der Waals surface area (Å²) >= 11 is 0. The summed E-state index contributed by atoms with van der Waals surface area (Å²) in [6.07, 6.45) is 2.20. The molecule has 1 aromatic rings. The molecule has 1 aromatic carbocycles. The van der Waals surface area contributed by atoms with Crippen molar-refractivity contribution in [3.8, 4) is 5.75 Å². The molecule has 7 nitrogen and oxygen atoms in total. The van der Waals surface area contributed by atoms with Crippen LogP contribution in [0.15, 0.2) is 18.2 Å². The summed E-state index contributed by atoms with van der Waals surface area (Å²) in [5.41, 5.74) is 4.70. The average molecular weight is 371 g/mol. The molecule has 1 aliphatic carbocycles. The predicted octanol–water partition coefficient (Wildman–Crippen LogP) is 1.93. The Bertz CT molecular complexity index is 740. The lowest BCUT2D eigenvalue weighted by Crippen LogP contribution is -2.40. The zero-order valence-electron chi connectivity index (χ0n) is 14.7. The molecule has 1 fully saturated rings. The van der Waals surface area contributed by atoms with Crippen LogP contribution < -0.4 is 10.5 Å². The summed E-state index contributed by atoms with van der Waals surface area (Å²) in [6, 6.07) is 4.83. The number of primary amides is 1. The maximum atomic E-state index is 12.5. The van der Waals surface area contributed by atoms with Crippen LogP contribution in [0.25, 0.3) is 0 Å². The minimum Gasteiger partial charge on any atom is -0.493 e. The lowest BCUT2D eigenvalue weighted by molar-refractivity contribution is 0.0413. The Hall–Kier alpha value is -1.80. The van der Waals surface area contributed by atoms with Gasteiger partial charge in [0.25, 0.3) is 0 Å². The van der Waals surface area contributed by atoms with Crippen molar-refractivity contribution in [2.45, 2.75) is 44.1 Å². The molecule has 1 amide bonds. The molecule has 0 radical (unpaired) electrons. The van der Waals surface area contributed by atoms with Gasteiger partial charge in [0.15, 0.2) is 9.84 Å². The van der Waals surface area contributed by atoms with Crippen molar-refractivity contribution in [2.75, 3.05) is 12.9 Å². The number of aliphatic hydroxyl groups is 1. The number of ether oxygens (including phenoxy) is 2. The smallest absolute Gasteiger partial charge is 0.405 e. The highest BCUT2D eigenvalue weighted by Gasteiger charge is 2.43. The van der Waals surface area contributed by atoms with Gasteiger partial charge in [-0.3, -0.25) is 0 Å². The van der Waals surface area contributed by atoms with E-state index in [4.69, 9.17) is 15.2 Å². The highest BCUT2D eigenvalue weighted by molar-refractivity contribution is 7.91. The summed E-state index contributed by atoms with van der Waals surface area (Å²) in [5, 5.41) is 8.20. The summed E-state index contributed by atoms with van der Waals surface area (Å²) in [4.78, 5) is 11.2. The van der Waals surface area contributed by atoms with Gasteiger partial charge >= 0.3 is 6.09 Å². The van der Waals surface area contributed by atoms with Gasteiger partial charge in [-0.05, 0) is 44.2 Å². The second kappa shape index (κ2) is 7.21. The van der Waals surface area contributed by atoms with Gasteiger partial charge in [-0.25, -0.2) is 13.2 Å². The first-order chi connectivity index (χ1) is 11.5. The standard InChI is InChI=1S/C17H25NO6S/c1-17(2,24-16(18)20)15(25(3,21)22)13-7-6-12(9-19)8-14(13)23-10-11-4-5-11/h6-8,11,15,19H,4-5,9-10H2,1-3H3,(H2,18,20). The van der Waals surface area contributed by atoms with Crippen molar-refractivity contribution >= 4 is 15.9 Å². The minimum absolute atomic E-state index is 0.190. The number of amides is 1. The fourth-order valence-electron chi connectivity index (χ4n) is 2.94. The Labute approximate surface area is 148 Å². The first kappa shape index (κ1) is 19.5. The molecule has 2 rings (SSSR count). The van der Waals surface area contributed by atoms with E-state index in [9.17, 15) is 18.3 Å². The molecule has 0 aromatic heterocycles. The van der Waals surface area contributed by atoms with Crippen LogP contribution in [0.5, 0.6) is 5.75 Å². The molecule has 0 heterocycles. The highest BCUT2D eigenvalue weighted by atomic mass is 32.2. The molecular weight excluding hydrogens is 346 g/mol. The van der Waals surface area contributed by atoms with Crippen molar-refractivity contribution in [2.24, 2.45) is 11.7 Å². The van der Waals surface area contributed by atoms with E-state index in [0.29, 0.717) is 29.4 Å². The minimum atomic E-state index is -3.66. The molecule has 25 heavy (non-hydrogen) atoms. The van der Waals surface area contributed by atoms with Gasteiger partial charge in [0, 0.05) is 11.8 Å². The Kier molecular flexibility index (Phi) is 5.63. The van der Waals surface area contributed by atoms with Crippen LogP contribution in [0.2, 0.25) is 0 Å². The van der Waals surface area contributed by atoms with E-state index in [1.54, 1.807) is 18.2 Å². The Balaban J connectivity index is 2.49. The Morgan fingerprint density at radius 3 is 2.52 bits per heavy atom. The number of nitrogens with two attached hydrogens (primary N) is 1. The van der Waals surface area contributed by atoms with Crippen LogP contribution in [0.3, 0.4) is 0 Å². The van der Waals surface area contributed by atoms with Crippen molar-refractivity contribution in [1.82, 2.24) is 0 Å². The third-order valence-corrected chi connectivity index (χ3v) is 5.82. The third kappa shape index (κ3) is 5.09. The topological polar surface area (TPSA) is 116 Å². The molecule has 8 heteroatoms. The van der Waals surface area contributed by atoms with E-state index in [1.165, 1.54) is 13.8 Å². The maximum absolute atomic E-state index is 12.5. The number of sulfone groups is 1. The second-order valence-corrected chi connectivity index (χ2v) is 9.15. The van der Waals surface area contributed by atoms with Crippen LogP contribution in [0.4, 0.5) is 4.79 Å². The van der Waals surface area contributed by atoms with E-state index in [1.807, 2.05) is 0 Å². The number of hydrogen-bond acceptors (Lipinski definition) is 6. The fourth-order valence-corrected chi connectivity index (χ4v) is 4.68. The van der Waals surface area contributed by atoms with Crippen molar-refractivity contribution in [1.29, 1.82) is 0 Å². The molecule has 140 valence electrons. The van der Waals surface area contributed by atoms with E-state index in [0.717, 1.165) is 19.1 Å². The quantitative estimate of drug-likeness (QED) is 0.721. The summed E-state index contributed by atoms with van der Waals surface area (Å²) in [7, 11) is -3.66. The average Bonchev–Trinajstić information content (AvgIpc) is 3.27. The molecule has 3 N–H and O–H groups in total. The number of benzene rings is 1. The Morgan fingerprint density at radius 1 is 1.40 bits per heavy atom. The molecule has 0 saturated heterocycles. The lowest BCUT2D eigenvalue weighted by atomic mass is 9.95. The predicted molar refractivity (Wildman–Crippen MR) is 92.9 cm³/mol. The lowest BCUT2D eigenvalue weighted by Gasteiger charge is -2.33. The SMILES string of the molecule is CC(C)(OC(N)=O)C(c1ccc(CO)cc1OCC1CC1)S(C)(=O)=O. The van der Waals surface area contributed by atoms with E-state index in [-0.39, 0.29) is 6.61 Å². The highest BCUT2D eigenvalue weighted by Crippen LogP contribution is 2.41. The largest absolute Gasteiger partial charge is 0.493 e. The van der Waals surface area contributed by atoms with Crippen molar-refractivity contribution in [3.63, 3.8) is 0 Å². The number of carbonyl (C=O) groups excluding carboxylic acids is 1. The Morgan fingerprint density at radius 2 is 2.04 bits per heavy atom. The number of rotatable bonds is 8. The van der Waals surface area contributed by atoms with Crippen LogP contribution >= 0.6 is 0 Å². The van der Waals surface area contributed by atoms with Crippen LogP contribution in [-0.2, 0) is 21.2 Å². The second-order valence-electron chi connectivity index (χ2n) is 7.02. The van der Waals surface area contributed by atoms with Crippen molar-refractivity contribution in [3.05, 3.63) is 29.3 Å². The first-order valence-corrected chi connectivity index (χ1v) is 10.0. The molecule has 1 unspecified atom stereocenters. The first-order valence-electron chi connectivity index (χ1n) is 8.08. The molecule has 0 aliphatic heterocycles. The summed E-state index contributed by atoms with van der Waals surface area (Å²) in [6.45, 7) is 3.28. The monoisotopic (exact) mass is 371 g/mol. The van der Waals surface area contributed by atoms with Crippen LogP contribution in [-0.4, -0.2) is 38.1 Å². The van der Waals surface area contributed by atoms with Gasteiger partial charge in [-0.1, -0.05) is 12.1 Å². The van der Waals surface area contributed by atoms with Gasteiger partial charge in [0.1, 0.15) is 16.6 Å². The van der Waals surface area contributed by atoms with Crippen LogP contribution in [0, 0.1) is 5.92 Å². The van der Waals surface area contributed by atoms with E-state index < -0.39 is 26.8 Å².